The fourth-order valence-electron chi connectivity index (χ4n) is 3.59. The first kappa shape index (κ1) is 16.0. The van der Waals surface area contributed by atoms with E-state index in [0.29, 0.717) is 43.1 Å². The lowest BCUT2D eigenvalue weighted by Gasteiger charge is -2.19. The van der Waals surface area contributed by atoms with Crippen molar-refractivity contribution in [3.8, 4) is 5.88 Å². The molecular weight excluding hydrogens is 320 g/mol. The summed E-state index contributed by atoms with van der Waals surface area (Å²) in [6.45, 7) is 2.68. The number of rotatable bonds is 5. The van der Waals surface area contributed by atoms with Crippen LogP contribution in [0.25, 0.3) is 0 Å². The maximum absolute atomic E-state index is 12.5. The number of amides is 1. The Morgan fingerprint density at radius 1 is 1.24 bits per heavy atom. The molecule has 1 amide bonds. The van der Waals surface area contributed by atoms with Gasteiger partial charge in [-0.15, -0.1) is 0 Å². The van der Waals surface area contributed by atoms with E-state index in [4.69, 9.17) is 9.47 Å². The molecule has 0 aromatic carbocycles. The molecule has 7 nitrogen and oxygen atoms in total. The van der Waals surface area contributed by atoms with Crippen LogP contribution in [0.2, 0.25) is 0 Å². The summed E-state index contributed by atoms with van der Waals surface area (Å²) in [5.41, 5.74) is 0.435. The molecule has 2 saturated heterocycles. The summed E-state index contributed by atoms with van der Waals surface area (Å²) in [7, 11) is 0. The molecule has 2 aliphatic heterocycles. The molecule has 2 aliphatic rings. The number of likely N-dealkylation sites (tertiary alicyclic amines) is 1. The van der Waals surface area contributed by atoms with E-state index >= 15 is 0 Å². The quantitative estimate of drug-likeness (QED) is 0.819. The van der Waals surface area contributed by atoms with Crippen LogP contribution in [0.3, 0.4) is 0 Å². The Hall–Kier alpha value is -2.54. The highest BCUT2D eigenvalue weighted by atomic mass is 16.5. The number of aromatic nitrogens is 3. The van der Waals surface area contributed by atoms with Gasteiger partial charge >= 0.3 is 0 Å². The summed E-state index contributed by atoms with van der Waals surface area (Å²) in [5, 5.41) is 0. The molecule has 4 heterocycles. The third-order valence-corrected chi connectivity index (χ3v) is 4.90. The van der Waals surface area contributed by atoms with Gasteiger partial charge in [-0.1, -0.05) is 6.07 Å². The number of pyridine rings is 1. The lowest BCUT2D eigenvalue weighted by molar-refractivity contribution is 0.0667. The fraction of sp³-hybridized carbons (Fsp3) is 0.444. The van der Waals surface area contributed by atoms with Crippen molar-refractivity contribution in [3.05, 3.63) is 48.7 Å². The second kappa shape index (κ2) is 7.14. The Bertz CT molecular complexity index is 713. The van der Waals surface area contributed by atoms with Crippen LogP contribution in [0, 0.1) is 11.8 Å². The molecule has 0 aliphatic carbocycles. The van der Waals surface area contributed by atoms with Crippen LogP contribution in [0.4, 0.5) is 0 Å². The van der Waals surface area contributed by atoms with Crippen LogP contribution >= 0.6 is 0 Å². The molecule has 2 aromatic heterocycles. The second-order valence-corrected chi connectivity index (χ2v) is 6.41. The third kappa shape index (κ3) is 3.46. The Balaban J connectivity index is 1.31. The van der Waals surface area contributed by atoms with Crippen molar-refractivity contribution < 1.29 is 14.3 Å². The van der Waals surface area contributed by atoms with Gasteiger partial charge in [0.05, 0.1) is 19.3 Å². The lowest BCUT2D eigenvalue weighted by atomic mass is 9.91. The lowest BCUT2D eigenvalue weighted by Crippen LogP contribution is -2.32. The number of carbonyl (C=O) groups is 1. The van der Waals surface area contributed by atoms with Gasteiger partial charge in [0.25, 0.3) is 5.91 Å². The number of nitrogens with zero attached hydrogens (tertiary/aromatic N) is 4. The van der Waals surface area contributed by atoms with Crippen LogP contribution in [0.1, 0.15) is 16.9 Å². The summed E-state index contributed by atoms with van der Waals surface area (Å²) in [5.74, 6) is 1.35. The minimum absolute atomic E-state index is 0.0520. The molecule has 3 atom stereocenters. The Kier molecular flexibility index (Phi) is 4.56. The SMILES string of the molecule is O=C(c1ccncn1)N1C[C@H]2[C@@H](CCOc3ccccn3)CO[C@H]2C1. The van der Waals surface area contributed by atoms with E-state index in [2.05, 4.69) is 15.0 Å². The third-order valence-electron chi connectivity index (χ3n) is 4.90. The van der Waals surface area contributed by atoms with Crippen LogP contribution in [0.15, 0.2) is 43.0 Å². The van der Waals surface area contributed by atoms with Gasteiger partial charge in [-0.2, -0.15) is 0 Å². The number of carbonyl (C=O) groups excluding carboxylic acids is 1. The zero-order chi connectivity index (χ0) is 17.1. The molecule has 0 radical (unpaired) electrons. The first-order valence-electron chi connectivity index (χ1n) is 8.52. The van der Waals surface area contributed by atoms with E-state index in [1.165, 1.54) is 6.33 Å². The molecule has 2 fully saturated rings. The highest BCUT2D eigenvalue weighted by Gasteiger charge is 2.45. The normalized spacial score (nSPS) is 25.0. The molecule has 0 N–H and O–H groups in total. The van der Waals surface area contributed by atoms with E-state index < -0.39 is 0 Å². The number of hydrogen-bond acceptors (Lipinski definition) is 6. The first-order chi connectivity index (χ1) is 12.3. The van der Waals surface area contributed by atoms with E-state index in [-0.39, 0.29) is 12.0 Å². The van der Waals surface area contributed by atoms with Gasteiger partial charge in [-0.25, -0.2) is 15.0 Å². The van der Waals surface area contributed by atoms with Crippen molar-refractivity contribution in [3.63, 3.8) is 0 Å². The van der Waals surface area contributed by atoms with Gasteiger partial charge in [0, 0.05) is 37.5 Å². The smallest absolute Gasteiger partial charge is 0.272 e. The largest absolute Gasteiger partial charge is 0.478 e. The van der Waals surface area contributed by atoms with Gasteiger partial charge in [-0.3, -0.25) is 4.79 Å². The number of fused-ring (bicyclic) bond motifs is 1. The zero-order valence-electron chi connectivity index (χ0n) is 13.8. The maximum atomic E-state index is 12.5. The number of ether oxygens (including phenoxy) is 2. The molecule has 2 aromatic rings. The monoisotopic (exact) mass is 340 g/mol. The van der Waals surface area contributed by atoms with Gasteiger partial charge in [-0.05, 0) is 24.5 Å². The maximum Gasteiger partial charge on any atom is 0.272 e. The van der Waals surface area contributed by atoms with Crippen molar-refractivity contribution in [1.29, 1.82) is 0 Å². The summed E-state index contributed by atoms with van der Waals surface area (Å²) in [6, 6.07) is 7.27. The topological polar surface area (TPSA) is 77.4 Å². The van der Waals surface area contributed by atoms with Crippen LogP contribution in [-0.2, 0) is 4.74 Å². The highest BCUT2D eigenvalue weighted by molar-refractivity contribution is 5.92. The molecule has 130 valence electrons. The molecule has 25 heavy (non-hydrogen) atoms. The van der Waals surface area contributed by atoms with E-state index in [0.717, 1.165) is 13.0 Å². The predicted octanol–water partition coefficient (Wildman–Crippen LogP) is 1.43. The molecule has 7 heteroatoms. The van der Waals surface area contributed by atoms with Crippen LogP contribution < -0.4 is 4.74 Å². The molecular formula is C18H20N4O3. The van der Waals surface area contributed by atoms with Gasteiger partial charge in [0.15, 0.2) is 0 Å². The molecule has 0 bridgehead atoms. The van der Waals surface area contributed by atoms with Crippen molar-refractivity contribution in [2.45, 2.75) is 12.5 Å². The summed E-state index contributed by atoms with van der Waals surface area (Å²) in [4.78, 5) is 26.4. The first-order valence-corrected chi connectivity index (χ1v) is 8.52. The molecule has 4 rings (SSSR count). The Labute approximate surface area is 146 Å². The Morgan fingerprint density at radius 3 is 3.00 bits per heavy atom. The average Bonchev–Trinajstić information content (AvgIpc) is 3.24. The summed E-state index contributed by atoms with van der Waals surface area (Å²) >= 11 is 0. The van der Waals surface area contributed by atoms with Gasteiger partial charge < -0.3 is 14.4 Å². The second-order valence-electron chi connectivity index (χ2n) is 6.41. The standard InChI is InChI=1S/C18H20N4O3/c23-18(15-4-7-19-12-21-15)22-9-14-13(11-25-16(14)10-22)5-8-24-17-3-1-2-6-20-17/h1-4,6-7,12-14,16H,5,8-11H2/t13-,14-,16-/m0/s1. The fourth-order valence-corrected chi connectivity index (χ4v) is 3.59. The van der Waals surface area contributed by atoms with Crippen LogP contribution in [0.5, 0.6) is 5.88 Å². The summed E-state index contributed by atoms with van der Waals surface area (Å²) < 4.78 is 11.6. The van der Waals surface area contributed by atoms with E-state index in [1.54, 1.807) is 18.5 Å². The van der Waals surface area contributed by atoms with E-state index in [1.807, 2.05) is 23.1 Å². The molecule has 0 spiro atoms. The minimum atomic E-state index is -0.0520. The van der Waals surface area contributed by atoms with Crippen molar-refractivity contribution >= 4 is 5.91 Å². The van der Waals surface area contributed by atoms with Crippen molar-refractivity contribution in [1.82, 2.24) is 19.9 Å². The van der Waals surface area contributed by atoms with Crippen LogP contribution in [-0.4, -0.2) is 58.2 Å². The highest BCUT2D eigenvalue weighted by Crippen LogP contribution is 2.35. The number of hydrogen-bond donors (Lipinski definition) is 0. The molecule has 0 unspecified atom stereocenters. The minimum Gasteiger partial charge on any atom is -0.478 e. The van der Waals surface area contributed by atoms with Crippen molar-refractivity contribution in [2.24, 2.45) is 11.8 Å². The van der Waals surface area contributed by atoms with Crippen molar-refractivity contribution in [2.75, 3.05) is 26.3 Å². The Morgan fingerprint density at radius 2 is 2.20 bits per heavy atom. The van der Waals surface area contributed by atoms with Gasteiger partial charge in [0.2, 0.25) is 5.88 Å². The predicted molar refractivity (Wildman–Crippen MR) is 89.0 cm³/mol. The molecule has 0 saturated carbocycles. The zero-order valence-corrected chi connectivity index (χ0v) is 13.8. The van der Waals surface area contributed by atoms with Gasteiger partial charge in [0.1, 0.15) is 12.0 Å². The van der Waals surface area contributed by atoms with E-state index in [9.17, 15) is 4.79 Å². The average molecular weight is 340 g/mol. The summed E-state index contributed by atoms with van der Waals surface area (Å²) in [6.07, 6.45) is 5.72.